The van der Waals surface area contributed by atoms with E-state index in [9.17, 15) is 19.8 Å². The van der Waals surface area contributed by atoms with Gasteiger partial charge in [0.25, 0.3) is 0 Å². The number of hydrogen-bond acceptors (Lipinski definition) is 5. The third kappa shape index (κ3) is 3.88. The lowest BCUT2D eigenvalue weighted by atomic mass is 9.89. The topological polar surface area (TPSA) is 87.7 Å². The van der Waals surface area contributed by atoms with E-state index in [4.69, 9.17) is 4.42 Å². The van der Waals surface area contributed by atoms with Crippen molar-refractivity contribution in [2.75, 3.05) is 0 Å². The van der Waals surface area contributed by atoms with Crippen molar-refractivity contribution in [2.45, 2.75) is 40.5 Å². The van der Waals surface area contributed by atoms with Crippen LogP contribution in [0.1, 0.15) is 50.0 Å². The Hall–Kier alpha value is -3.34. The van der Waals surface area contributed by atoms with Crippen LogP contribution in [-0.2, 0) is 6.42 Å². The zero-order chi connectivity index (χ0) is 22.0. The van der Waals surface area contributed by atoms with Crippen LogP contribution in [0.4, 0.5) is 0 Å². The number of phenolic OH excluding ortho intramolecular Hbond substituents is 2. The smallest absolute Gasteiger partial charge is 0.336 e. The number of allylic oxidation sites excluding steroid dienone is 2. The number of aromatic hydroxyl groups is 2. The maximum atomic E-state index is 13.0. The van der Waals surface area contributed by atoms with Crippen LogP contribution in [0.15, 0.2) is 57.3 Å². The van der Waals surface area contributed by atoms with Crippen LogP contribution in [0.5, 0.6) is 11.5 Å². The standard InChI is InChI=1S/C25H26O5/c1-5-15(4)22(27)21-23(28)17(12-11-14(2)3)25-20(24(21)29)18(13-19(26)30-25)16-9-7-6-8-10-16/h6-11,13,15,28-29H,5,12H2,1-4H3/t15-/m1/s1. The van der Waals surface area contributed by atoms with Gasteiger partial charge in [0.1, 0.15) is 22.6 Å². The molecule has 5 heteroatoms. The Morgan fingerprint density at radius 3 is 2.40 bits per heavy atom. The molecule has 0 aliphatic rings. The molecule has 1 heterocycles. The van der Waals surface area contributed by atoms with Gasteiger partial charge in [-0.2, -0.15) is 0 Å². The Bertz CT molecular complexity index is 1180. The number of hydrogen-bond donors (Lipinski definition) is 2. The van der Waals surface area contributed by atoms with Crippen LogP contribution >= 0.6 is 0 Å². The zero-order valence-electron chi connectivity index (χ0n) is 17.7. The van der Waals surface area contributed by atoms with E-state index in [0.717, 1.165) is 5.57 Å². The van der Waals surface area contributed by atoms with Crippen molar-refractivity contribution in [3.05, 3.63) is 69.6 Å². The quantitative estimate of drug-likeness (QED) is 0.316. The molecule has 0 fully saturated rings. The average molecular weight is 406 g/mol. The van der Waals surface area contributed by atoms with Crippen molar-refractivity contribution in [1.82, 2.24) is 0 Å². The van der Waals surface area contributed by atoms with Crippen LogP contribution < -0.4 is 5.63 Å². The summed E-state index contributed by atoms with van der Waals surface area (Å²) in [4.78, 5) is 25.4. The molecule has 30 heavy (non-hydrogen) atoms. The Kier molecular flexibility index (Phi) is 6.11. The van der Waals surface area contributed by atoms with Crippen LogP contribution in [0.25, 0.3) is 22.1 Å². The molecular weight excluding hydrogens is 380 g/mol. The molecule has 0 aliphatic heterocycles. The van der Waals surface area contributed by atoms with Gasteiger partial charge in [-0.15, -0.1) is 0 Å². The minimum Gasteiger partial charge on any atom is -0.507 e. The van der Waals surface area contributed by atoms with Crippen molar-refractivity contribution in [3.8, 4) is 22.6 Å². The highest BCUT2D eigenvalue weighted by atomic mass is 16.4. The molecule has 5 nitrogen and oxygen atoms in total. The normalized spacial score (nSPS) is 12.0. The fraction of sp³-hybridized carbons (Fsp3) is 0.280. The fourth-order valence-corrected chi connectivity index (χ4v) is 3.44. The fourth-order valence-electron chi connectivity index (χ4n) is 3.44. The van der Waals surface area contributed by atoms with E-state index >= 15 is 0 Å². The van der Waals surface area contributed by atoms with Gasteiger partial charge in [-0.05, 0) is 32.3 Å². The lowest BCUT2D eigenvalue weighted by Gasteiger charge is -2.18. The zero-order valence-corrected chi connectivity index (χ0v) is 17.7. The summed E-state index contributed by atoms with van der Waals surface area (Å²) in [5.41, 5.74) is 1.84. The van der Waals surface area contributed by atoms with E-state index in [0.29, 0.717) is 23.1 Å². The molecule has 0 amide bonds. The second-order valence-corrected chi connectivity index (χ2v) is 7.76. The van der Waals surface area contributed by atoms with E-state index in [1.807, 2.05) is 57.2 Å². The van der Waals surface area contributed by atoms with Crippen molar-refractivity contribution >= 4 is 16.8 Å². The highest BCUT2D eigenvalue weighted by molar-refractivity contribution is 6.11. The molecule has 1 atom stereocenters. The van der Waals surface area contributed by atoms with Gasteiger partial charge in [-0.3, -0.25) is 4.79 Å². The number of carbonyl (C=O) groups excluding carboxylic acids is 1. The van der Waals surface area contributed by atoms with Gasteiger partial charge in [0.05, 0.1) is 5.39 Å². The molecule has 3 rings (SSSR count). The lowest BCUT2D eigenvalue weighted by molar-refractivity contribution is 0.0921. The molecule has 0 unspecified atom stereocenters. The summed E-state index contributed by atoms with van der Waals surface area (Å²) in [5.74, 6) is -1.43. The maximum absolute atomic E-state index is 13.0. The van der Waals surface area contributed by atoms with E-state index in [2.05, 4.69) is 0 Å². The molecule has 0 saturated carbocycles. The highest BCUT2D eigenvalue weighted by Crippen LogP contribution is 2.44. The van der Waals surface area contributed by atoms with Gasteiger partial charge in [0, 0.05) is 23.1 Å². The third-order valence-corrected chi connectivity index (χ3v) is 5.34. The van der Waals surface area contributed by atoms with Crippen LogP contribution in [0.3, 0.4) is 0 Å². The molecule has 0 saturated heterocycles. The molecule has 0 bridgehead atoms. The Morgan fingerprint density at radius 1 is 1.13 bits per heavy atom. The first kappa shape index (κ1) is 21.4. The number of benzene rings is 2. The number of ketones is 1. The van der Waals surface area contributed by atoms with Crippen molar-refractivity contribution in [3.63, 3.8) is 0 Å². The molecule has 156 valence electrons. The highest BCUT2D eigenvalue weighted by Gasteiger charge is 2.29. The number of phenols is 2. The first-order valence-corrected chi connectivity index (χ1v) is 10.0. The third-order valence-electron chi connectivity index (χ3n) is 5.34. The SMILES string of the molecule is CC[C@@H](C)C(=O)c1c(O)c(CC=C(C)C)c2oc(=O)cc(-c3ccccc3)c2c1O. The number of carbonyl (C=O) groups is 1. The van der Waals surface area contributed by atoms with Crippen molar-refractivity contribution in [1.29, 1.82) is 0 Å². The van der Waals surface area contributed by atoms with Crippen LogP contribution in [0, 0.1) is 5.92 Å². The molecule has 3 aromatic rings. The minimum atomic E-state index is -0.598. The summed E-state index contributed by atoms with van der Waals surface area (Å²) in [5, 5.41) is 22.3. The number of rotatable bonds is 6. The summed E-state index contributed by atoms with van der Waals surface area (Å²) in [6.45, 7) is 7.45. The van der Waals surface area contributed by atoms with E-state index in [1.165, 1.54) is 6.07 Å². The average Bonchev–Trinajstić information content (AvgIpc) is 2.72. The summed E-state index contributed by atoms with van der Waals surface area (Å²) in [7, 11) is 0. The molecule has 2 aromatic carbocycles. The first-order valence-electron chi connectivity index (χ1n) is 10.0. The predicted octanol–water partition coefficient (Wildman–Crippen LogP) is 5.61. The second-order valence-electron chi connectivity index (χ2n) is 7.76. The lowest BCUT2D eigenvalue weighted by Crippen LogP contribution is -2.12. The summed E-state index contributed by atoms with van der Waals surface area (Å²) in [6, 6.07) is 10.4. The molecular formula is C25H26O5. The number of fused-ring (bicyclic) bond motifs is 1. The van der Waals surface area contributed by atoms with Gasteiger partial charge < -0.3 is 14.6 Å². The van der Waals surface area contributed by atoms with Crippen LogP contribution in [0.2, 0.25) is 0 Å². The first-order chi connectivity index (χ1) is 14.3. The van der Waals surface area contributed by atoms with Gasteiger partial charge >= 0.3 is 5.63 Å². The molecule has 1 aromatic heterocycles. The minimum absolute atomic E-state index is 0.0922. The van der Waals surface area contributed by atoms with Gasteiger partial charge in [-0.25, -0.2) is 4.79 Å². The Morgan fingerprint density at radius 2 is 1.80 bits per heavy atom. The maximum Gasteiger partial charge on any atom is 0.336 e. The molecule has 0 spiro atoms. The summed E-state index contributed by atoms with van der Waals surface area (Å²) < 4.78 is 5.45. The molecule has 0 radical (unpaired) electrons. The van der Waals surface area contributed by atoms with Gasteiger partial charge in [0.15, 0.2) is 5.78 Å². The molecule has 2 N–H and O–H groups in total. The van der Waals surface area contributed by atoms with E-state index in [-0.39, 0.29) is 46.2 Å². The number of Topliss-reactive ketones (excluding diaryl/α,β-unsaturated/α-hetero) is 1. The monoisotopic (exact) mass is 406 g/mol. The Labute approximate surface area is 175 Å². The van der Waals surface area contributed by atoms with E-state index < -0.39 is 5.63 Å². The predicted molar refractivity (Wildman–Crippen MR) is 118 cm³/mol. The second kappa shape index (κ2) is 8.57. The van der Waals surface area contributed by atoms with Gasteiger partial charge in [0.2, 0.25) is 0 Å². The van der Waals surface area contributed by atoms with E-state index in [1.54, 1.807) is 6.92 Å². The van der Waals surface area contributed by atoms with Crippen LogP contribution in [-0.4, -0.2) is 16.0 Å². The van der Waals surface area contributed by atoms with Gasteiger partial charge in [-0.1, -0.05) is 55.8 Å². The molecule has 0 aliphatic carbocycles. The summed E-state index contributed by atoms with van der Waals surface area (Å²) in [6.07, 6.45) is 2.69. The Balaban J connectivity index is 2.49. The largest absolute Gasteiger partial charge is 0.507 e. The van der Waals surface area contributed by atoms with Crippen molar-refractivity contribution < 1.29 is 19.4 Å². The van der Waals surface area contributed by atoms with Crippen molar-refractivity contribution in [2.24, 2.45) is 5.92 Å². The summed E-state index contributed by atoms with van der Waals surface area (Å²) >= 11 is 0.